The lowest BCUT2D eigenvalue weighted by molar-refractivity contribution is -0.115. The molecule has 0 saturated heterocycles. The maximum Gasteiger partial charge on any atom is 0.243 e. The summed E-state index contributed by atoms with van der Waals surface area (Å²) < 4.78 is 14.8. The molecule has 0 aliphatic rings. The molecule has 0 aliphatic carbocycles. The molecule has 1 aromatic heterocycles. The Labute approximate surface area is 134 Å². The highest BCUT2D eigenvalue weighted by Gasteiger charge is 2.04. The maximum absolute atomic E-state index is 12.8. The number of amides is 1. The van der Waals surface area contributed by atoms with Gasteiger partial charge >= 0.3 is 0 Å². The van der Waals surface area contributed by atoms with E-state index in [1.807, 2.05) is 29.1 Å². The van der Waals surface area contributed by atoms with Crippen LogP contribution in [0.25, 0.3) is 0 Å². The first-order valence-electron chi connectivity index (χ1n) is 7.28. The van der Waals surface area contributed by atoms with E-state index in [1.165, 1.54) is 24.3 Å². The van der Waals surface area contributed by atoms with Crippen LogP contribution in [0.2, 0.25) is 0 Å². The van der Waals surface area contributed by atoms with Gasteiger partial charge < -0.3 is 20.5 Å². The number of nitrogens with zero attached hydrogens (tertiary/aromatic N) is 2. The monoisotopic (exact) mass is 317 g/mol. The second kappa shape index (κ2) is 8.57. The molecule has 7 heteroatoms. The van der Waals surface area contributed by atoms with Gasteiger partial charge in [-0.05, 0) is 36.4 Å². The molecule has 1 heterocycles. The van der Waals surface area contributed by atoms with Crippen LogP contribution >= 0.6 is 0 Å². The van der Waals surface area contributed by atoms with Gasteiger partial charge in [-0.15, -0.1) is 0 Å². The van der Waals surface area contributed by atoms with E-state index in [1.54, 1.807) is 7.05 Å². The molecule has 0 aliphatic heterocycles. The van der Waals surface area contributed by atoms with Crippen molar-refractivity contribution in [1.82, 2.24) is 15.2 Å². The largest absolute Gasteiger partial charge is 0.355 e. The van der Waals surface area contributed by atoms with Crippen molar-refractivity contribution in [2.24, 2.45) is 4.99 Å². The normalized spacial score (nSPS) is 11.1. The summed E-state index contributed by atoms with van der Waals surface area (Å²) in [6.07, 6.45) is 3.96. The number of hydrogen-bond donors (Lipinski definition) is 3. The lowest BCUT2D eigenvalue weighted by Crippen LogP contribution is -2.42. The average molecular weight is 317 g/mol. The highest BCUT2D eigenvalue weighted by molar-refractivity contribution is 5.94. The second-order valence-electron chi connectivity index (χ2n) is 4.83. The lowest BCUT2D eigenvalue weighted by atomic mass is 10.3. The molecule has 0 bridgehead atoms. The lowest BCUT2D eigenvalue weighted by Gasteiger charge is -2.12. The van der Waals surface area contributed by atoms with Gasteiger partial charge in [-0.3, -0.25) is 9.79 Å². The number of benzene rings is 1. The number of guanidine groups is 1. The summed E-state index contributed by atoms with van der Waals surface area (Å²) in [7, 11) is 1.64. The Kier molecular flexibility index (Phi) is 6.17. The average Bonchev–Trinajstić information content (AvgIpc) is 3.06. The number of carbonyl (C=O) groups excluding carboxylic acids is 1. The molecule has 1 aromatic carbocycles. The van der Waals surface area contributed by atoms with E-state index < -0.39 is 0 Å². The van der Waals surface area contributed by atoms with Crippen molar-refractivity contribution in [2.45, 2.75) is 6.54 Å². The van der Waals surface area contributed by atoms with Gasteiger partial charge in [0.15, 0.2) is 5.96 Å². The zero-order chi connectivity index (χ0) is 16.5. The molecule has 0 fully saturated rings. The minimum atomic E-state index is -0.339. The molecule has 2 rings (SSSR count). The van der Waals surface area contributed by atoms with E-state index in [9.17, 15) is 9.18 Å². The predicted molar refractivity (Wildman–Crippen MR) is 88.8 cm³/mol. The van der Waals surface area contributed by atoms with E-state index in [0.29, 0.717) is 18.2 Å². The van der Waals surface area contributed by atoms with Gasteiger partial charge in [0.1, 0.15) is 5.82 Å². The van der Waals surface area contributed by atoms with Crippen LogP contribution in [0.4, 0.5) is 10.1 Å². The molecule has 122 valence electrons. The van der Waals surface area contributed by atoms with Crippen molar-refractivity contribution in [3.8, 4) is 0 Å². The summed E-state index contributed by atoms with van der Waals surface area (Å²) in [4.78, 5) is 15.9. The van der Waals surface area contributed by atoms with Gasteiger partial charge in [0, 0.05) is 38.2 Å². The summed E-state index contributed by atoms with van der Waals surface area (Å²) in [6.45, 7) is 1.56. The molecule has 0 unspecified atom stereocenters. The fourth-order valence-electron chi connectivity index (χ4n) is 1.95. The number of anilines is 1. The Hall–Kier alpha value is -2.83. The van der Waals surface area contributed by atoms with Crippen LogP contribution in [-0.2, 0) is 11.3 Å². The minimum Gasteiger partial charge on any atom is -0.355 e. The fourth-order valence-corrected chi connectivity index (χ4v) is 1.95. The quantitative estimate of drug-likeness (QED) is 0.557. The zero-order valence-electron chi connectivity index (χ0n) is 12.9. The van der Waals surface area contributed by atoms with Crippen LogP contribution in [0.5, 0.6) is 0 Å². The van der Waals surface area contributed by atoms with Gasteiger partial charge in [0.25, 0.3) is 0 Å². The minimum absolute atomic E-state index is 0.0700. The number of hydrogen-bond acceptors (Lipinski definition) is 2. The van der Waals surface area contributed by atoms with Crippen LogP contribution in [-0.4, -0.2) is 36.6 Å². The van der Waals surface area contributed by atoms with Crippen molar-refractivity contribution in [1.29, 1.82) is 0 Å². The predicted octanol–water partition coefficient (Wildman–Crippen LogP) is 1.43. The highest BCUT2D eigenvalue weighted by atomic mass is 19.1. The molecule has 0 atom stereocenters. The van der Waals surface area contributed by atoms with E-state index in [0.717, 1.165) is 6.54 Å². The number of aliphatic imine (C=N–C) groups is 1. The number of carbonyl (C=O) groups is 1. The molecule has 6 nitrogen and oxygen atoms in total. The summed E-state index contributed by atoms with van der Waals surface area (Å²) in [5.41, 5.74) is 0.550. The van der Waals surface area contributed by atoms with Crippen molar-refractivity contribution in [3.05, 3.63) is 54.6 Å². The Bertz CT molecular complexity index is 637. The van der Waals surface area contributed by atoms with E-state index in [4.69, 9.17) is 0 Å². The third-order valence-corrected chi connectivity index (χ3v) is 3.10. The van der Waals surface area contributed by atoms with Gasteiger partial charge in [0.2, 0.25) is 5.91 Å². The second-order valence-corrected chi connectivity index (χ2v) is 4.83. The van der Waals surface area contributed by atoms with Gasteiger partial charge in [-0.2, -0.15) is 0 Å². The molecule has 3 N–H and O–H groups in total. The highest BCUT2D eigenvalue weighted by Crippen LogP contribution is 2.07. The zero-order valence-corrected chi connectivity index (χ0v) is 12.9. The van der Waals surface area contributed by atoms with E-state index in [-0.39, 0.29) is 18.3 Å². The van der Waals surface area contributed by atoms with Crippen LogP contribution in [0.3, 0.4) is 0 Å². The SMILES string of the molecule is CN=C(NCCn1cccc1)NCC(=O)Nc1ccc(F)cc1. The number of rotatable bonds is 6. The smallest absolute Gasteiger partial charge is 0.243 e. The summed E-state index contributed by atoms with van der Waals surface area (Å²) >= 11 is 0. The molecular formula is C16H20FN5O. The Morgan fingerprint density at radius 1 is 1.17 bits per heavy atom. The standard InChI is InChI=1S/C16H20FN5O/c1-18-16(19-8-11-22-9-2-3-10-22)20-12-15(23)21-14-6-4-13(17)5-7-14/h2-7,9-10H,8,11-12H2,1H3,(H,21,23)(H2,18,19,20). The summed E-state index contributed by atoms with van der Waals surface area (Å²) in [6, 6.07) is 9.55. The third-order valence-electron chi connectivity index (χ3n) is 3.10. The Balaban J connectivity index is 1.69. The Morgan fingerprint density at radius 2 is 1.87 bits per heavy atom. The van der Waals surface area contributed by atoms with E-state index in [2.05, 4.69) is 20.9 Å². The summed E-state index contributed by atoms with van der Waals surface area (Å²) in [5.74, 6) is -0.0233. The molecule has 23 heavy (non-hydrogen) atoms. The first-order chi connectivity index (χ1) is 11.2. The summed E-state index contributed by atoms with van der Waals surface area (Å²) in [5, 5.41) is 8.72. The number of nitrogens with one attached hydrogen (secondary N) is 3. The first-order valence-corrected chi connectivity index (χ1v) is 7.28. The van der Waals surface area contributed by atoms with Gasteiger partial charge in [-0.25, -0.2) is 4.39 Å². The van der Waals surface area contributed by atoms with Crippen LogP contribution < -0.4 is 16.0 Å². The Morgan fingerprint density at radius 3 is 2.52 bits per heavy atom. The fraction of sp³-hybridized carbons (Fsp3) is 0.250. The third kappa shape index (κ3) is 5.82. The molecule has 0 radical (unpaired) electrons. The van der Waals surface area contributed by atoms with E-state index >= 15 is 0 Å². The van der Waals surface area contributed by atoms with Crippen LogP contribution in [0.1, 0.15) is 0 Å². The van der Waals surface area contributed by atoms with Crippen LogP contribution in [0.15, 0.2) is 53.8 Å². The van der Waals surface area contributed by atoms with Crippen molar-refractivity contribution >= 4 is 17.6 Å². The number of halogens is 1. The van der Waals surface area contributed by atoms with Crippen molar-refractivity contribution in [3.63, 3.8) is 0 Å². The van der Waals surface area contributed by atoms with Crippen molar-refractivity contribution in [2.75, 3.05) is 25.5 Å². The molecular weight excluding hydrogens is 297 g/mol. The van der Waals surface area contributed by atoms with Crippen LogP contribution in [0, 0.1) is 5.82 Å². The number of aromatic nitrogens is 1. The maximum atomic E-state index is 12.8. The van der Waals surface area contributed by atoms with Gasteiger partial charge in [-0.1, -0.05) is 0 Å². The molecule has 0 spiro atoms. The van der Waals surface area contributed by atoms with Gasteiger partial charge in [0.05, 0.1) is 6.54 Å². The molecule has 1 amide bonds. The first kappa shape index (κ1) is 16.5. The molecule has 0 saturated carbocycles. The molecule has 2 aromatic rings. The van der Waals surface area contributed by atoms with Crippen molar-refractivity contribution < 1.29 is 9.18 Å². The topological polar surface area (TPSA) is 70.5 Å².